The van der Waals surface area contributed by atoms with Gasteiger partial charge in [-0.2, -0.15) is 0 Å². The van der Waals surface area contributed by atoms with Gasteiger partial charge in [-0.3, -0.25) is 4.79 Å². The first-order valence-electron chi connectivity index (χ1n) is 6.37. The van der Waals surface area contributed by atoms with E-state index in [-0.39, 0.29) is 17.8 Å². The highest BCUT2D eigenvalue weighted by Gasteiger charge is 2.29. The lowest BCUT2D eigenvalue weighted by Gasteiger charge is -2.35. The highest BCUT2D eigenvalue weighted by atomic mass is 32.1. The van der Waals surface area contributed by atoms with Gasteiger partial charge in [-0.1, -0.05) is 12.2 Å². The average molecular weight is 280 g/mol. The molecule has 0 saturated carbocycles. The molecule has 1 heterocycles. The van der Waals surface area contributed by atoms with E-state index in [0.717, 1.165) is 19.3 Å². The molecule has 2 rings (SSSR count). The van der Waals surface area contributed by atoms with Crippen LogP contribution in [0.2, 0.25) is 0 Å². The van der Waals surface area contributed by atoms with Gasteiger partial charge >= 0.3 is 0 Å². The van der Waals surface area contributed by atoms with Gasteiger partial charge in [-0.15, -0.1) is 0 Å². The number of carbonyl (C=O) groups excluding carboxylic acids is 1. The molecule has 0 aliphatic carbocycles. The molecular formula is C14H17FN2OS. The Morgan fingerprint density at radius 1 is 1.47 bits per heavy atom. The van der Waals surface area contributed by atoms with E-state index >= 15 is 0 Å². The number of hydrogen-bond acceptors (Lipinski definition) is 2. The molecule has 0 spiro atoms. The zero-order valence-corrected chi connectivity index (χ0v) is 11.7. The number of piperidine rings is 1. The van der Waals surface area contributed by atoms with Crippen LogP contribution in [0.5, 0.6) is 0 Å². The van der Waals surface area contributed by atoms with E-state index in [4.69, 9.17) is 18.0 Å². The van der Waals surface area contributed by atoms with Crippen molar-refractivity contribution in [2.45, 2.75) is 32.2 Å². The third-order valence-electron chi connectivity index (χ3n) is 3.50. The molecule has 102 valence electrons. The van der Waals surface area contributed by atoms with Gasteiger partial charge < -0.3 is 10.6 Å². The number of carbonyl (C=O) groups is 1. The summed E-state index contributed by atoms with van der Waals surface area (Å²) in [6, 6.07) is 4.22. The average Bonchev–Trinajstić information content (AvgIpc) is 2.41. The van der Waals surface area contributed by atoms with E-state index in [1.807, 2.05) is 0 Å². The lowest BCUT2D eigenvalue weighted by molar-refractivity contribution is 0.0681. The molecule has 1 aromatic rings. The normalized spacial score (nSPS) is 19.3. The number of likely N-dealkylation sites (tertiary alicyclic amines) is 1. The van der Waals surface area contributed by atoms with E-state index in [1.165, 1.54) is 12.1 Å². The van der Waals surface area contributed by atoms with Gasteiger partial charge in [0.05, 0.1) is 11.0 Å². The first kappa shape index (κ1) is 13.9. The van der Waals surface area contributed by atoms with Crippen LogP contribution in [-0.4, -0.2) is 28.4 Å². The van der Waals surface area contributed by atoms with E-state index in [0.29, 0.717) is 22.7 Å². The van der Waals surface area contributed by atoms with Crippen molar-refractivity contribution in [1.29, 1.82) is 0 Å². The van der Waals surface area contributed by atoms with Gasteiger partial charge in [0, 0.05) is 12.1 Å². The number of rotatable bonds is 2. The summed E-state index contributed by atoms with van der Waals surface area (Å²) in [5, 5.41) is 0. The lowest BCUT2D eigenvalue weighted by atomic mass is 10.0. The van der Waals surface area contributed by atoms with Crippen molar-refractivity contribution in [1.82, 2.24) is 4.90 Å². The summed E-state index contributed by atoms with van der Waals surface area (Å²) < 4.78 is 13.2. The zero-order chi connectivity index (χ0) is 14.0. The summed E-state index contributed by atoms with van der Waals surface area (Å²) in [5.41, 5.74) is 6.66. The quantitative estimate of drug-likeness (QED) is 0.846. The van der Waals surface area contributed by atoms with E-state index in [2.05, 4.69) is 0 Å². The van der Waals surface area contributed by atoms with Gasteiger partial charge in [0.25, 0.3) is 5.91 Å². The van der Waals surface area contributed by atoms with Gasteiger partial charge in [-0.05, 0) is 49.9 Å². The maximum absolute atomic E-state index is 13.2. The Balaban J connectivity index is 2.26. The third kappa shape index (κ3) is 2.92. The Bertz CT molecular complexity index is 518. The highest BCUT2D eigenvalue weighted by Crippen LogP contribution is 2.21. The summed E-state index contributed by atoms with van der Waals surface area (Å²) in [5.74, 6) is -0.429. The van der Waals surface area contributed by atoms with Crippen LogP contribution in [0.25, 0.3) is 0 Å². The number of nitrogens with zero attached hydrogens (tertiary/aromatic N) is 1. The number of nitrogens with two attached hydrogens (primary N) is 1. The van der Waals surface area contributed by atoms with Gasteiger partial charge in [0.1, 0.15) is 5.82 Å². The van der Waals surface area contributed by atoms with Crippen molar-refractivity contribution in [3.63, 3.8) is 0 Å². The molecule has 2 N–H and O–H groups in total. The van der Waals surface area contributed by atoms with Gasteiger partial charge in [-0.25, -0.2) is 4.39 Å². The molecule has 1 saturated heterocycles. The first-order valence-corrected chi connectivity index (χ1v) is 6.78. The van der Waals surface area contributed by atoms with Crippen LogP contribution in [0.4, 0.5) is 4.39 Å². The highest BCUT2D eigenvalue weighted by molar-refractivity contribution is 7.80. The van der Waals surface area contributed by atoms with Crippen molar-refractivity contribution < 1.29 is 9.18 Å². The van der Waals surface area contributed by atoms with Crippen LogP contribution < -0.4 is 5.73 Å². The first-order chi connectivity index (χ1) is 9.00. The minimum Gasteiger partial charge on any atom is -0.392 e. The predicted octanol–water partition coefficient (Wildman–Crippen LogP) is 2.41. The van der Waals surface area contributed by atoms with E-state index < -0.39 is 0 Å². The maximum Gasteiger partial charge on any atom is 0.254 e. The second-order valence-electron chi connectivity index (χ2n) is 4.88. The largest absolute Gasteiger partial charge is 0.392 e. The van der Waals surface area contributed by atoms with Crippen LogP contribution in [0.3, 0.4) is 0 Å². The monoisotopic (exact) mass is 280 g/mol. The molecule has 1 aliphatic rings. The second-order valence-corrected chi connectivity index (χ2v) is 5.35. The molecule has 5 heteroatoms. The summed E-state index contributed by atoms with van der Waals surface area (Å²) in [6.07, 6.45) is 2.78. The SMILES string of the molecule is Cc1cc(C(=O)N2CCCCC2C(N)=S)ccc1F. The minimum absolute atomic E-state index is 0.124. The van der Waals surface area contributed by atoms with E-state index in [1.54, 1.807) is 17.9 Å². The van der Waals surface area contributed by atoms with E-state index in [9.17, 15) is 9.18 Å². The van der Waals surface area contributed by atoms with Crippen molar-refractivity contribution in [3.05, 3.63) is 35.1 Å². The molecule has 1 unspecified atom stereocenters. The summed E-state index contributed by atoms with van der Waals surface area (Å²) >= 11 is 5.03. The van der Waals surface area contributed by atoms with Gasteiger partial charge in [0.2, 0.25) is 0 Å². The summed E-state index contributed by atoms with van der Waals surface area (Å²) in [6.45, 7) is 2.30. The molecule has 0 aromatic heterocycles. The van der Waals surface area contributed by atoms with Crippen LogP contribution >= 0.6 is 12.2 Å². The fraction of sp³-hybridized carbons (Fsp3) is 0.429. The lowest BCUT2D eigenvalue weighted by Crippen LogP contribution is -2.49. The molecule has 0 bridgehead atoms. The number of hydrogen-bond donors (Lipinski definition) is 1. The molecule has 1 amide bonds. The molecule has 1 atom stereocenters. The number of aryl methyl sites for hydroxylation is 1. The number of thiocarbonyl (C=S) groups is 1. The van der Waals surface area contributed by atoms with Crippen molar-refractivity contribution in [2.75, 3.05) is 6.54 Å². The van der Waals surface area contributed by atoms with Crippen molar-refractivity contribution in [3.8, 4) is 0 Å². The van der Waals surface area contributed by atoms with Crippen molar-refractivity contribution in [2.24, 2.45) is 5.73 Å². The molecule has 0 radical (unpaired) electrons. The van der Waals surface area contributed by atoms with Gasteiger partial charge in [0.15, 0.2) is 0 Å². The molecule has 1 aromatic carbocycles. The fourth-order valence-electron chi connectivity index (χ4n) is 2.41. The Morgan fingerprint density at radius 2 is 2.21 bits per heavy atom. The Morgan fingerprint density at radius 3 is 2.84 bits per heavy atom. The maximum atomic E-state index is 13.2. The third-order valence-corrected chi connectivity index (χ3v) is 3.77. The van der Waals surface area contributed by atoms with Crippen LogP contribution in [0.1, 0.15) is 35.2 Å². The topological polar surface area (TPSA) is 46.3 Å². The second kappa shape index (κ2) is 5.65. The Kier molecular flexibility index (Phi) is 4.14. The fourth-order valence-corrected chi connectivity index (χ4v) is 2.66. The molecule has 19 heavy (non-hydrogen) atoms. The minimum atomic E-state index is -0.305. The molecule has 1 aliphatic heterocycles. The Hall–Kier alpha value is -1.49. The predicted molar refractivity (Wildman–Crippen MR) is 76.6 cm³/mol. The smallest absolute Gasteiger partial charge is 0.254 e. The van der Waals surface area contributed by atoms with Crippen molar-refractivity contribution >= 4 is 23.1 Å². The Labute approximate surface area is 117 Å². The number of benzene rings is 1. The molecule has 1 fully saturated rings. The summed E-state index contributed by atoms with van der Waals surface area (Å²) in [7, 11) is 0. The molecular weight excluding hydrogens is 263 g/mol. The number of halogens is 1. The number of amides is 1. The molecule has 3 nitrogen and oxygen atoms in total. The summed E-state index contributed by atoms with van der Waals surface area (Å²) in [4.78, 5) is 14.5. The zero-order valence-electron chi connectivity index (χ0n) is 10.9. The van der Waals surface area contributed by atoms with Crippen LogP contribution in [0.15, 0.2) is 18.2 Å². The van der Waals surface area contributed by atoms with Crippen LogP contribution in [0, 0.1) is 12.7 Å². The standard InChI is InChI=1S/C14H17FN2OS/c1-9-8-10(5-6-11(9)15)14(18)17-7-3-2-4-12(17)13(16)19/h5-6,8,12H,2-4,7H2,1H3,(H2,16,19). The van der Waals surface area contributed by atoms with Crippen LogP contribution in [-0.2, 0) is 0 Å².